The Bertz CT molecular complexity index is 1150. The van der Waals surface area contributed by atoms with Crippen molar-refractivity contribution in [3.63, 3.8) is 0 Å². The van der Waals surface area contributed by atoms with Crippen LogP contribution in [-0.4, -0.2) is 40.9 Å². The van der Waals surface area contributed by atoms with Gasteiger partial charge in [0.2, 0.25) is 5.91 Å². The molecule has 164 valence electrons. The van der Waals surface area contributed by atoms with Crippen LogP contribution in [0.1, 0.15) is 36.4 Å². The Balaban J connectivity index is 1.57. The van der Waals surface area contributed by atoms with Crippen LogP contribution in [0.15, 0.2) is 53.6 Å². The molecule has 1 N–H and O–H groups in total. The second-order valence-electron chi connectivity index (χ2n) is 7.76. The van der Waals surface area contributed by atoms with Gasteiger partial charge < -0.3 is 5.32 Å². The summed E-state index contributed by atoms with van der Waals surface area (Å²) in [5.41, 5.74) is 3.79. The number of aryl methyl sites for hydroxylation is 1. The zero-order valence-corrected chi connectivity index (χ0v) is 19.1. The Labute approximate surface area is 183 Å². The number of pyridine rings is 1. The van der Waals surface area contributed by atoms with Crippen molar-refractivity contribution in [1.29, 1.82) is 0 Å². The van der Waals surface area contributed by atoms with Crippen molar-refractivity contribution in [3.8, 4) is 5.82 Å². The molecule has 0 saturated carbocycles. The molecule has 0 bridgehead atoms. The highest BCUT2D eigenvalue weighted by Gasteiger charge is 2.19. The first-order valence-corrected chi connectivity index (χ1v) is 11.8. The number of carbonyl (C=O) groups is 1. The lowest BCUT2D eigenvalue weighted by molar-refractivity contribution is -0.120. The summed E-state index contributed by atoms with van der Waals surface area (Å²) in [7, 11) is -3.31. The molecule has 1 aromatic carbocycles. The number of hydrogen-bond acceptors (Lipinski definition) is 5. The van der Waals surface area contributed by atoms with Gasteiger partial charge in [-0.05, 0) is 69.5 Å². The molecule has 31 heavy (non-hydrogen) atoms. The number of benzene rings is 1. The maximum absolute atomic E-state index is 12.3. The summed E-state index contributed by atoms with van der Waals surface area (Å²) in [5.74, 6) is 0.660. The van der Waals surface area contributed by atoms with Gasteiger partial charge in [-0.2, -0.15) is 5.10 Å². The second-order valence-corrected chi connectivity index (χ2v) is 10.3. The molecule has 0 radical (unpaired) electrons. The van der Waals surface area contributed by atoms with Gasteiger partial charge >= 0.3 is 0 Å². The highest BCUT2D eigenvalue weighted by Crippen LogP contribution is 2.18. The van der Waals surface area contributed by atoms with E-state index >= 15 is 0 Å². The van der Waals surface area contributed by atoms with Gasteiger partial charge in [0, 0.05) is 18.4 Å². The fourth-order valence-electron chi connectivity index (χ4n) is 3.38. The number of nitrogens with zero attached hydrogens (tertiary/aromatic N) is 3. The summed E-state index contributed by atoms with van der Waals surface area (Å²) < 4.78 is 26.2. The molecule has 0 saturated heterocycles. The standard InChI is InChI=1S/C23H28N4O3S/c1-16(2)31(29,30)20-10-8-19(9-11-20)15-23(28)25-14-12-21-17(3)26-27(18(21)4)22-7-5-6-13-24-22/h5-11,13,16H,12,14-15H2,1-4H3,(H,25,28). The van der Waals surface area contributed by atoms with Crippen LogP contribution < -0.4 is 5.32 Å². The van der Waals surface area contributed by atoms with Crippen molar-refractivity contribution in [2.45, 2.75) is 50.7 Å². The Kier molecular flexibility index (Phi) is 6.90. The third-order valence-corrected chi connectivity index (χ3v) is 7.41. The van der Waals surface area contributed by atoms with Crippen LogP contribution in [-0.2, 0) is 27.5 Å². The maximum atomic E-state index is 12.3. The molecule has 3 rings (SSSR count). The lowest BCUT2D eigenvalue weighted by Crippen LogP contribution is -2.27. The van der Waals surface area contributed by atoms with E-state index < -0.39 is 15.1 Å². The molecule has 7 nitrogen and oxygen atoms in total. The number of amides is 1. The average Bonchev–Trinajstić information content (AvgIpc) is 3.03. The van der Waals surface area contributed by atoms with Gasteiger partial charge in [-0.1, -0.05) is 18.2 Å². The second kappa shape index (κ2) is 9.43. The lowest BCUT2D eigenvalue weighted by atomic mass is 10.1. The zero-order valence-electron chi connectivity index (χ0n) is 18.3. The van der Waals surface area contributed by atoms with E-state index in [9.17, 15) is 13.2 Å². The van der Waals surface area contributed by atoms with E-state index in [1.54, 1.807) is 44.3 Å². The predicted octanol–water partition coefficient (Wildman–Crippen LogP) is 2.97. The van der Waals surface area contributed by atoms with Crippen LogP contribution in [0.25, 0.3) is 5.82 Å². The highest BCUT2D eigenvalue weighted by atomic mass is 32.2. The third-order valence-electron chi connectivity index (χ3n) is 5.24. The number of sulfone groups is 1. The van der Waals surface area contributed by atoms with Crippen molar-refractivity contribution in [2.24, 2.45) is 0 Å². The molecule has 2 aromatic heterocycles. The predicted molar refractivity (Wildman–Crippen MR) is 120 cm³/mol. The van der Waals surface area contributed by atoms with Crippen LogP contribution in [0, 0.1) is 13.8 Å². The van der Waals surface area contributed by atoms with Gasteiger partial charge in [0.15, 0.2) is 15.7 Å². The summed E-state index contributed by atoms with van der Waals surface area (Å²) in [6, 6.07) is 12.2. The smallest absolute Gasteiger partial charge is 0.224 e. The van der Waals surface area contributed by atoms with E-state index in [1.807, 2.05) is 36.7 Å². The Hall–Kier alpha value is -3.00. The SMILES string of the molecule is Cc1nn(-c2ccccn2)c(C)c1CCNC(=O)Cc1ccc(S(=O)(=O)C(C)C)cc1. The molecular weight excluding hydrogens is 412 g/mol. The van der Waals surface area contributed by atoms with Crippen LogP contribution in [0.2, 0.25) is 0 Å². The lowest BCUT2D eigenvalue weighted by Gasteiger charge is -2.09. The molecule has 0 aliphatic heterocycles. The van der Waals surface area contributed by atoms with Gasteiger partial charge in [0.1, 0.15) is 0 Å². The Morgan fingerprint density at radius 3 is 2.42 bits per heavy atom. The quantitative estimate of drug-likeness (QED) is 0.581. The van der Waals surface area contributed by atoms with Crippen molar-refractivity contribution in [2.75, 3.05) is 6.54 Å². The molecular formula is C23H28N4O3S. The third kappa shape index (κ3) is 5.19. The molecule has 2 heterocycles. The number of rotatable bonds is 8. The first-order chi connectivity index (χ1) is 14.7. The van der Waals surface area contributed by atoms with Crippen molar-refractivity contribution < 1.29 is 13.2 Å². The van der Waals surface area contributed by atoms with E-state index in [1.165, 1.54) is 0 Å². The summed E-state index contributed by atoms with van der Waals surface area (Å²) in [4.78, 5) is 17.0. The largest absolute Gasteiger partial charge is 0.355 e. The fourth-order valence-corrected chi connectivity index (χ4v) is 4.44. The molecule has 0 unspecified atom stereocenters. The number of hydrogen-bond donors (Lipinski definition) is 1. The first kappa shape index (κ1) is 22.7. The Morgan fingerprint density at radius 1 is 1.10 bits per heavy atom. The fraction of sp³-hybridized carbons (Fsp3) is 0.348. The molecule has 0 spiro atoms. The van der Waals surface area contributed by atoms with E-state index in [2.05, 4.69) is 15.4 Å². The number of nitrogens with one attached hydrogen (secondary N) is 1. The topological polar surface area (TPSA) is 93.9 Å². The molecule has 0 fully saturated rings. The summed E-state index contributed by atoms with van der Waals surface area (Å²) >= 11 is 0. The van der Waals surface area contributed by atoms with Crippen molar-refractivity contribution in [3.05, 3.63) is 71.2 Å². The van der Waals surface area contributed by atoms with E-state index in [-0.39, 0.29) is 17.2 Å². The normalized spacial score (nSPS) is 11.6. The van der Waals surface area contributed by atoms with Gasteiger partial charge in [-0.3, -0.25) is 4.79 Å². The molecule has 0 atom stereocenters. The van der Waals surface area contributed by atoms with E-state index in [0.29, 0.717) is 13.0 Å². The Morgan fingerprint density at radius 2 is 1.81 bits per heavy atom. The average molecular weight is 441 g/mol. The highest BCUT2D eigenvalue weighted by molar-refractivity contribution is 7.92. The minimum absolute atomic E-state index is 0.105. The summed E-state index contributed by atoms with van der Waals surface area (Å²) in [6.45, 7) is 7.75. The molecule has 0 aliphatic rings. The molecule has 1 amide bonds. The number of aromatic nitrogens is 3. The first-order valence-electron chi connectivity index (χ1n) is 10.3. The van der Waals surface area contributed by atoms with Gasteiger partial charge in [-0.25, -0.2) is 18.1 Å². The molecule has 3 aromatic rings. The van der Waals surface area contributed by atoms with Crippen LogP contribution in [0.4, 0.5) is 0 Å². The maximum Gasteiger partial charge on any atom is 0.224 e. The zero-order chi connectivity index (χ0) is 22.6. The summed E-state index contributed by atoms with van der Waals surface area (Å²) in [6.07, 6.45) is 2.60. The van der Waals surface area contributed by atoms with Gasteiger partial charge in [-0.15, -0.1) is 0 Å². The molecule has 0 aliphatic carbocycles. The van der Waals surface area contributed by atoms with Gasteiger partial charge in [0.05, 0.1) is 22.3 Å². The van der Waals surface area contributed by atoms with E-state index in [4.69, 9.17) is 0 Å². The van der Waals surface area contributed by atoms with Crippen LogP contribution in [0.5, 0.6) is 0 Å². The summed E-state index contributed by atoms with van der Waals surface area (Å²) in [5, 5.41) is 7.04. The number of carbonyl (C=O) groups excluding carboxylic acids is 1. The van der Waals surface area contributed by atoms with Crippen molar-refractivity contribution in [1.82, 2.24) is 20.1 Å². The van der Waals surface area contributed by atoms with Crippen molar-refractivity contribution >= 4 is 15.7 Å². The van der Waals surface area contributed by atoms with Crippen LogP contribution >= 0.6 is 0 Å². The molecule has 8 heteroatoms. The monoisotopic (exact) mass is 440 g/mol. The minimum atomic E-state index is -3.31. The van der Waals surface area contributed by atoms with Crippen LogP contribution in [0.3, 0.4) is 0 Å². The van der Waals surface area contributed by atoms with Gasteiger partial charge in [0.25, 0.3) is 0 Å². The minimum Gasteiger partial charge on any atom is -0.355 e. The van der Waals surface area contributed by atoms with E-state index in [0.717, 1.165) is 28.3 Å².